The first-order valence-corrected chi connectivity index (χ1v) is 22.0. The molecule has 0 atom stereocenters. The summed E-state index contributed by atoms with van der Waals surface area (Å²) in [6.45, 7) is 0. The fourth-order valence-corrected chi connectivity index (χ4v) is 10.8. The van der Waals surface area contributed by atoms with E-state index in [9.17, 15) is 0 Å². The normalized spacial score (nSPS) is 11.8. The highest BCUT2D eigenvalue weighted by Gasteiger charge is 2.25. The molecule has 0 aliphatic carbocycles. The van der Waals surface area contributed by atoms with Gasteiger partial charge < -0.3 is 4.57 Å². The van der Waals surface area contributed by atoms with Crippen molar-refractivity contribution in [2.24, 2.45) is 0 Å². The molecule has 0 aliphatic heterocycles. The van der Waals surface area contributed by atoms with Gasteiger partial charge in [-0.2, -0.15) is 9.97 Å². The van der Waals surface area contributed by atoms with Crippen molar-refractivity contribution >= 4 is 75.1 Å². The highest BCUT2D eigenvalue weighted by atomic mass is 32.1. The molecule has 0 bridgehead atoms. The molecule has 13 aromatic rings. The molecule has 0 unspecified atom stereocenters. The summed E-state index contributed by atoms with van der Waals surface area (Å²) in [5.41, 5.74) is 12.0. The summed E-state index contributed by atoms with van der Waals surface area (Å²) in [5.74, 6) is 1.80. The molecule has 5 nitrogen and oxygen atoms in total. The van der Waals surface area contributed by atoms with Crippen molar-refractivity contribution in [1.29, 1.82) is 0 Å². The summed E-state index contributed by atoms with van der Waals surface area (Å²) in [5, 5.41) is 6.96. The molecule has 0 N–H and O–H groups in total. The SMILES string of the molecule is c1ccc(-c2cccc(-n3c4ccccc4c4ccc5c6ccccc6n(-c6nc(-c7ccccc7)nc(-c7cccc8sc9cccc(-c%10ccccc%10)c9c78)n6)c5c43)c2)cc1. The second kappa shape index (κ2) is 14.2. The lowest BCUT2D eigenvalue weighted by atomic mass is 9.97. The van der Waals surface area contributed by atoms with Crippen molar-refractivity contribution in [2.45, 2.75) is 0 Å². The third kappa shape index (κ3) is 5.59. The van der Waals surface area contributed by atoms with Crippen LogP contribution in [0.2, 0.25) is 0 Å². The van der Waals surface area contributed by atoms with Gasteiger partial charge in [0, 0.05) is 58.5 Å². The van der Waals surface area contributed by atoms with Crippen LogP contribution in [0.25, 0.3) is 120 Å². The standard InChI is InChI=1S/C57H35N5S/c1-4-17-36(18-5-1)39-23-14-24-40(35-39)61-47-29-12-10-25-42(47)44-33-34-45-43-26-11-13-30-48(43)62(54(45)53(44)61)57-59-55(38-21-8-3-9-22-38)58-56(60-57)46-28-16-32-50-52(46)51-41(27-15-31-49(51)63-50)37-19-6-2-7-20-37/h1-35H. The maximum Gasteiger partial charge on any atom is 0.238 e. The average molecular weight is 822 g/mol. The van der Waals surface area contributed by atoms with Gasteiger partial charge in [-0.05, 0) is 58.7 Å². The van der Waals surface area contributed by atoms with Crippen molar-refractivity contribution in [1.82, 2.24) is 24.1 Å². The Kier molecular flexibility index (Phi) is 8.01. The summed E-state index contributed by atoms with van der Waals surface area (Å²) in [4.78, 5) is 16.3. The number of hydrogen-bond acceptors (Lipinski definition) is 4. The number of benzene rings is 9. The van der Waals surface area contributed by atoms with Crippen LogP contribution >= 0.6 is 11.3 Å². The van der Waals surface area contributed by atoms with Crippen molar-refractivity contribution in [3.8, 4) is 56.7 Å². The fraction of sp³-hybridized carbons (Fsp3) is 0. The van der Waals surface area contributed by atoms with Gasteiger partial charge in [0.05, 0.1) is 22.1 Å². The van der Waals surface area contributed by atoms with Crippen LogP contribution in [0.3, 0.4) is 0 Å². The Bertz CT molecular complexity index is 3900. The maximum absolute atomic E-state index is 5.56. The highest BCUT2D eigenvalue weighted by molar-refractivity contribution is 7.26. The molecule has 9 aromatic carbocycles. The third-order valence-corrected chi connectivity index (χ3v) is 13.5. The van der Waals surface area contributed by atoms with Crippen LogP contribution in [0.15, 0.2) is 212 Å². The number of rotatable bonds is 6. The Balaban J connectivity index is 1.15. The van der Waals surface area contributed by atoms with E-state index >= 15 is 0 Å². The molecule has 0 saturated heterocycles. The predicted molar refractivity (Wildman–Crippen MR) is 263 cm³/mol. The molecule has 13 rings (SSSR count). The first-order valence-electron chi connectivity index (χ1n) is 21.2. The summed E-state index contributed by atoms with van der Waals surface area (Å²) >= 11 is 1.81. The fourth-order valence-electron chi connectivity index (χ4n) is 9.64. The van der Waals surface area contributed by atoms with Gasteiger partial charge in [0.1, 0.15) is 0 Å². The predicted octanol–water partition coefficient (Wildman–Crippen LogP) is 15.1. The van der Waals surface area contributed by atoms with Crippen LogP contribution in [0.1, 0.15) is 0 Å². The van der Waals surface area contributed by atoms with Crippen LogP contribution < -0.4 is 0 Å². The molecule has 6 heteroatoms. The molecule has 63 heavy (non-hydrogen) atoms. The third-order valence-electron chi connectivity index (χ3n) is 12.4. The van der Waals surface area contributed by atoms with Gasteiger partial charge in [-0.3, -0.25) is 4.57 Å². The van der Waals surface area contributed by atoms with Crippen LogP contribution in [0.4, 0.5) is 0 Å². The van der Waals surface area contributed by atoms with Crippen LogP contribution in [0, 0.1) is 0 Å². The Morgan fingerprint density at radius 3 is 1.52 bits per heavy atom. The number of nitrogens with zero attached hydrogens (tertiary/aromatic N) is 5. The number of para-hydroxylation sites is 2. The zero-order valence-corrected chi connectivity index (χ0v) is 34.7. The zero-order valence-electron chi connectivity index (χ0n) is 33.9. The van der Waals surface area contributed by atoms with Gasteiger partial charge in [-0.15, -0.1) is 11.3 Å². The minimum Gasteiger partial charge on any atom is -0.307 e. The lowest BCUT2D eigenvalue weighted by Crippen LogP contribution is -2.07. The van der Waals surface area contributed by atoms with E-state index in [1.165, 1.54) is 36.9 Å². The van der Waals surface area contributed by atoms with Crippen molar-refractivity contribution in [3.05, 3.63) is 212 Å². The Hall–Kier alpha value is -8.19. The molecular weight excluding hydrogens is 787 g/mol. The largest absolute Gasteiger partial charge is 0.307 e. The summed E-state index contributed by atoms with van der Waals surface area (Å²) in [6, 6.07) is 75.5. The van der Waals surface area contributed by atoms with Crippen LogP contribution in [-0.2, 0) is 0 Å². The van der Waals surface area contributed by atoms with E-state index in [1.807, 2.05) is 29.5 Å². The molecule has 0 fully saturated rings. The van der Waals surface area contributed by atoms with Gasteiger partial charge in [0.15, 0.2) is 11.6 Å². The number of thiophene rings is 1. The highest BCUT2D eigenvalue weighted by Crippen LogP contribution is 2.45. The number of fused-ring (bicyclic) bond motifs is 10. The molecule has 4 aromatic heterocycles. The van der Waals surface area contributed by atoms with Gasteiger partial charge in [-0.25, -0.2) is 4.98 Å². The molecule has 0 spiro atoms. The van der Waals surface area contributed by atoms with E-state index in [0.29, 0.717) is 17.6 Å². The van der Waals surface area contributed by atoms with E-state index in [1.54, 1.807) is 0 Å². The van der Waals surface area contributed by atoms with Crippen molar-refractivity contribution < 1.29 is 0 Å². The molecule has 294 valence electrons. The monoisotopic (exact) mass is 821 g/mol. The molecule has 4 heterocycles. The van der Waals surface area contributed by atoms with Crippen molar-refractivity contribution in [3.63, 3.8) is 0 Å². The Morgan fingerprint density at radius 2 is 0.841 bits per heavy atom. The first-order chi connectivity index (χ1) is 31.3. The summed E-state index contributed by atoms with van der Waals surface area (Å²) in [6.07, 6.45) is 0. The van der Waals surface area contributed by atoms with Gasteiger partial charge in [0.25, 0.3) is 0 Å². The van der Waals surface area contributed by atoms with Gasteiger partial charge in [-0.1, -0.05) is 176 Å². The maximum atomic E-state index is 5.56. The van der Waals surface area contributed by atoms with Crippen LogP contribution in [0.5, 0.6) is 0 Å². The van der Waals surface area contributed by atoms with E-state index < -0.39 is 0 Å². The second-order valence-electron chi connectivity index (χ2n) is 16.0. The topological polar surface area (TPSA) is 48.5 Å². The Morgan fingerprint density at radius 1 is 0.333 bits per heavy atom. The molecular formula is C57H35N5S. The van der Waals surface area contributed by atoms with Crippen LogP contribution in [-0.4, -0.2) is 24.1 Å². The quantitative estimate of drug-likeness (QED) is 0.168. The molecule has 0 saturated carbocycles. The molecule has 0 amide bonds. The minimum absolute atomic E-state index is 0.562. The molecule has 0 aliphatic rings. The van der Waals surface area contributed by atoms with E-state index in [-0.39, 0.29) is 0 Å². The Labute approximate surface area is 366 Å². The lowest BCUT2D eigenvalue weighted by Gasteiger charge is -2.14. The van der Waals surface area contributed by atoms with E-state index in [0.717, 1.165) is 66.0 Å². The second-order valence-corrected chi connectivity index (χ2v) is 17.0. The zero-order chi connectivity index (χ0) is 41.4. The number of hydrogen-bond donors (Lipinski definition) is 0. The lowest BCUT2D eigenvalue weighted by molar-refractivity contribution is 0.954. The molecule has 0 radical (unpaired) electrons. The average Bonchev–Trinajstić information content (AvgIpc) is 4.03. The van der Waals surface area contributed by atoms with E-state index in [4.69, 9.17) is 15.0 Å². The number of aromatic nitrogens is 5. The van der Waals surface area contributed by atoms with Crippen molar-refractivity contribution in [2.75, 3.05) is 0 Å². The van der Waals surface area contributed by atoms with E-state index in [2.05, 4.69) is 203 Å². The first kappa shape index (κ1) is 35.6. The smallest absolute Gasteiger partial charge is 0.238 e. The minimum atomic E-state index is 0.562. The van der Waals surface area contributed by atoms with Gasteiger partial charge in [0.2, 0.25) is 5.95 Å². The van der Waals surface area contributed by atoms with Gasteiger partial charge >= 0.3 is 0 Å². The summed E-state index contributed by atoms with van der Waals surface area (Å²) in [7, 11) is 0. The summed E-state index contributed by atoms with van der Waals surface area (Å²) < 4.78 is 7.13.